The number of aliphatic hydroxyl groups excluding tert-OH is 2. The molecule has 1 atom stereocenters. The van der Waals surface area contributed by atoms with Crippen LogP contribution in [-0.2, 0) is 18.0 Å². The molecule has 1 aromatic heterocycles. The van der Waals surface area contributed by atoms with Crippen LogP contribution in [0.2, 0.25) is 0 Å². The first-order valence-electron chi connectivity index (χ1n) is 13.8. The van der Waals surface area contributed by atoms with Crippen molar-refractivity contribution in [2.24, 2.45) is 0 Å². The van der Waals surface area contributed by atoms with Gasteiger partial charge in [0.1, 0.15) is 5.75 Å². The van der Waals surface area contributed by atoms with Gasteiger partial charge in [-0.3, -0.25) is 9.78 Å². The minimum Gasteiger partial charge on any atom is -0.508 e. The van der Waals surface area contributed by atoms with Gasteiger partial charge in [-0.15, -0.1) is 0 Å². The van der Waals surface area contributed by atoms with Gasteiger partial charge in [-0.05, 0) is 67.3 Å². The summed E-state index contributed by atoms with van der Waals surface area (Å²) >= 11 is 0. The fraction of sp³-hybridized carbons (Fsp3) is 0.250. The summed E-state index contributed by atoms with van der Waals surface area (Å²) < 4.78 is 11.0. The number of rotatable bonds is 12. The van der Waals surface area contributed by atoms with Gasteiger partial charge in [-0.2, -0.15) is 0 Å². The van der Waals surface area contributed by atoms with Gasteiger partial charge in [0.15, 0.2) is 11.5 Å². The first-order chi connectivity index (χ1) is 20.4. The maximum Gasteiger partial charge on any atom is 0.248 e. The molecule has 0 fully saturated rings. The topological polar surface area (TPSA) is 145 Å². The van der Waals surface area contributed by atoms with Crippen molar-refractivity contribution in [3.05, 3.63) is 83.6 Å². The van der Waals surface area contributed by atoms with Gasteiger partial charge in [0.05, 0.1) is 35.8 Å². The highest BCUT2D eigenvalue weighted by molar-refractivity contribution is 6.04. The summed E-state index contributed by atoms with van der Waals surface area (Å²) in [6, 6.07) is 16.2. The van der Waals surface area contributed by atoms with Crippen molar-refractivity contribution in [1.82, 2.24) is 4.98 Å². The van der Waals surface area contributed by atoms with E-state index in [4.69, 9.17) is 9.47 Å². The number of amides is 1. The molecule has 0 saturated carbocycles. The van der Waals surface area contributed by atoms with E-state index in [1.54, 1.807) is 30.5 Å². The number of aromatic hydroxyl groups is 1. The standard InChI is InChI=1S/C32H34N4O6/c1-20(35-27-14-22(17-37)13-23-5-3-11-34-32(23)27)4-2-10-33-25-15-29-30(42-19-41-29)16-26(25)36-31(40)9-7-21-6-8-28(39)24(12-21)18-38/h3,5-9,11-16,20,33,35,37-39H,2,4,10,17-19H2,1H3,(H,36,40)/b9-7+. The van der Waals surface area contributed by atoms with Crippen LogP contribution in [0.3, 0.4) is 0 Å². The number of carbonyl (C=O) groups is 1. The lowest BCUT2D eigenvalue weighted by molar-refractivity contribution is -0.111. The highest BCUT2D eigenvalue weighted by Gasteiger charge is 2.18. The second kappa shape index (κ2) is 13.2. The van der Waals surface area contributed by atoms with Crippen molar-refractivity contribution in [2.45, 2.75) is 39.0 Å². The fourth-order valence-electron chi connectivity index (χ4n) is 4.80. The Morgan fingerprint density at radius 2 is 1.83 bits per heavy atom. The number of phenols is 1. The van der Waals surface area contributed by atoms with E-state index in [1.165, 1.54) is 12.1 Å². The summed E-state index contributed by atoms with van der Waals surface area (Å²) in [7, 11) is 0. The Kier molecular flexibility index (Phi) is 9.05. The lowest BCUT2D eigenvalue weighted by atomic mass is 10.1. The van der Waals surface area contributed by atoms with Crippen LogP contribution >= 0.6 is 0 Å². The van der Waals surface area contributed by atoms with Crippen molar-refractivity contribution in [3.8, 4) is 17.2 Å². The molecule has 0 bridgehead atoms. The van der Waals surface area contributed by atoms with Crippen molar-refractivity contribution in [3.63, 3.8) is 0 Å². The summed E-state index contributed by atoms with van der Waals surface area (Å²) in [5.74, 6) is 0.806. The second-order valence-electron chi connectivity index (χ2n) is 10.1. The molecule has 4 aromatic rings. The minimum absolute atomic E-state index is 0.00163. The Morgan fingerprint density at radius 1 is 1.02 bits per heavy atom. The van der Waals surface area contributed by atoms with Gasteiger partial charge in [-0.25, -0.2) is 0 Å². The van der Waals surface area contributed by atoms with Gasteiger partial charge >= 0.3 is 0 Å². The SMILES string of the molecule is CC(CCCNc1cc2c(cc1NC(=O)/C=C/c1ccc(O)c(CO)c1)OCO2)Nc1cc(CO)cc2cccnc12. The molecule has 0 aliphatic carbocycles. The zero-order chi connectivity index (χ0) is 29.5. The van der Waals surface area contributed by atoms with E-state index in [-0.39, 0.29) is 37.7 Å². The fourth-order valence-corrected chi connectivity index (χ4v) is 4.80. The normalized spacial score (nSPS) is 12.9. The molecule has 1 aliphatic rings. The molecule has 2 heterocycles. The Morgan fingerprint density at radius 3 is 2.62 bits per heavy atom. The molecule has 3 aromatic carbocycles. The zero-order valence-electron chi connectivity index (χ0n) is 23.3. The predicted octanol–water partition coefficient (Wildman–Crippen LogP) is 5.00. The quantitative estimate of drug-likeness (QED) is 0.102. The Bertz CT molecular complexity index is 1610. The number of nitrogens with one attached hydrogen (secondary N) is 3. The largest absolute Gasteiger partial charge is 0.508 e. The summed E-state index contributed by atoms with van der Waals surface area (Å²) in [5.41, 5.74) is 4.91. The molecular formula is C32H34N4O6. The van der Waals surface area contributed by atoms with Crippen molar-refractivity contribution in [2.75, 3.05) is 29.3 Å². The lowest BCUT2D eigenvalue weighted by Gasteiger charge is -2.18. The van der Waals surface area contributed by atoms with Gasteiger partial charge < -0.3 is 40.7 Å². The van der Waals surface area contributed by atoms with Gasteiger partial charge in [0.2, 0.25) is 12.7 Å². The molecular weight excluding hydrogens is 536 g/mol. The molecule has 0 spiro atoms. The van der Waals surface area contributed by atoms with E-state index < -0.39 is 0 Å². The molecule has 0 saturated heterocycles. The van der Waals surface area contributed by atoms with Gasteiger partial charge in [0.25, 0.3) is 0 Å². The molecule has 10 heteroatoms. The number of hydrogen-bond donors (Lipinski definition) is 6. The second-order valence-corrected chi connectivity index (χ2v) is 10.1. The third-order valence-corrected chi connectivity index (χ3v) is 6.95. The number of aliphatic hydroxyl groups is 2. The van der Waals surface area contributed by atoms with Crippen LogP contribution in [0.15, 0.2) is 66.9 Å². The van der Waals surface area contributed by atoms with E-state index in [2.05, 4.69) is 27.9 Å². The number of nitrogens with zero attached hydrogens (tertiary/aromatic N) is 1. The van der Waals surface area contributed by atoms with Crippen LogP contribution in [0, 0.1) is 0 Å². The number of hydrogen-bond acceptors (Lipinski definition) is 9. The summed E-state index contributed by atoms with van der Waals surface area (Å²) in [5, 5.41) is 39.6. The third kappa shape index (κ3) is 6.91. The zero-order valence-corrected chi connectivity index (χ0v) is 23.3. The molecule has 1 amide bonds. The number of aromatic nitrogens is 1. The van der Waals surface area contributed by atoms with Crippen LogP contribution in [0.5, 0.6) is 17.2 Å². The summed E-state index contributed by atoms with van der Waals surface area (Å²) in [4.78, 5) is 17.3. The average Bonchev–Trinajstić information content (AvgIpc) is 3.46. The predicted molar refractivity (Wildman–Crippen MR) is 163 cm³/mol. The number of benzene rings is 3. The van der Waals surface area contributed by atoms with Crippen LogP contribution < -0.4 is 25.4 Å². The molecule has 10 nitrogen and oxygen atoms in total. The highest BCUT2D eigenvalue weighted by Crippen LogP contribution is 2.39. The van der Waals surface area contributed by atoms with Crippen molar-refractivity contribution >= 4 is 39.9 Å². The Hall–Kier alpha value is -4.80. The smallest absolute Gasteiger partial charge is 0.248 e. The van der Waals surface area contributed by atoms with E-state index in [0.717, 1.165) is 35.0 Å². The van der Waals surface area contributed by atoms with Crippen LogP contribution in [-0.4, -0.2) is 45.6 Å². The maximum atomic E-state index is 12.8. The molecule has 5 rings (SSSR count). The van der Waals surface area contributed by atoms with Gasteiger partial charge in [-0.1, -0.05) is 12.1 Å². The molecule has 6 N–H and O–H groups in total. The van der Waals surface area contributed by atoms with E-state index in [9.17, 15) is 20.1 Å². The Labute approximate surface area is 243 Å². The van der Waals surface area contributed by atoms with Crippen LogP contribution in [0.1, 0.15) is 36.5 Å². The Balaban J connectivity index is 1.20. The van der Waals surface area contributed by atoms with E-state index >= 15 is 0 Å². The number of pyridine rings is 1. The number of carbonyl (C=O) groups excluding carboxylic acids is 1. The maximum absolute atomic E-state index is 12.8. The third-order valence-electron chi connectivity index (χ3n) is 6.95. The average molecular weight is 571 g/mol. The van der Waals surface area contributed by atoms with Crippen molar-refractivity contribution in [1.29, 1.82) is 0 Å². The molecule has 42 heavy (non-hydrogen) atoms. The monoisotopic (exact) mass is 570 g/mol. The first-order valence-corrected chi connectivity index (χ1v) is 13.8. The number of fused-ring (bicyclic) bond motifs is 2. The number of anilines is 3. The summed E-state index contributed by atoms with van der Waals surface area (Å²) in [6.45, 7) is 2.54. The molecule has 218 valence electrons. The van der Waals surface area contributed by atoms with E-state index in [1.807, 2.05) is 30.3 Å². The first kappa shape index (κ1) is 28.7. The molecule has 0 radical (unpaired) electrons. The van der Waals surface area contributed by atoms with E-state index in [0.29, 0.717) is 40.5 Å². The highest BCUT2D eigenvalue weighted by atomic mass is 16.7. The molecule has 1 unspecified atom stereocenters. The number of ether oxygens (including phenoxy) is 2. The molecule has 1 aliphatic heterocycles. The summed E-state index contributed by atoms with van der Waals surface area (Å²) in [6.07, 6.45) is 6.47. The van der Waals surface area contributed by atoms with Gasteiger partial charge in [0, 0.05) is 47.9 Å². The van der Waals surface area contributed by atoms with Crippen molar-refractivity contribution < 1.29 is 29.6 Å². The lowest BCUT2D eigenvalue weighted by Crippen LogP contribution is -2.17. The minimum atomic E-state index is -0.348. The van der Waals surface area contributed by atoms with Crippen LogP contribution in [0.4, 0.5) is 17.1 Å². The van der Waals surface area contributed by atoms with Crippen LogP contribution in [0.25, 0.3) is 17.0 Å².